The standard InChI is InChI=1S/C11H13N5O/c1-8-4-3-5-9(6-8)7-16(2)11(17)10-12-14-15-13-10/h3-6H,7H2,1-2H3,(H,12,13,14,15). The molecule has 6 heteroatoms. The van der Waals surface area contributed by atoms with Gasteiger partial charge in [0.2, 0.25) is 0 Å². The van der Waals surface area contributed by atoms with Gasteiger partial charge in [-0.05, 0) is 17.7 Å². The number of benzene rings is 1. The van der Waals surface area contributed by atoms with E-state index in [0.717, 1.165) is 5.56 Å². The van der Waals surface area contributed by atoms with Gasteiger partial charge in [-0.25, -0.2) is 0 Å². The Morgan fingerprint density at radius 1 is 1.47 bits per heavy atom. The molecule has 0 aliphatic heterocycles. The summed E-state index contributed by atoms with van der Waals surface area (Å²) in [5.74, 6) is -0.166. The van der Waals surface area contributed by atoms with Crippen molar-refractivity contribution in [1.82, 2.24) is 25.5 Å². The Labute approximate surface area is 98.6 Å². The number of carbonyl (C=O) groups is 1. The topological polar surface area (TPSA) is 74.8 Å². The average Bonchev–Trinajstić information content (AvgIpc) is 2.81. The number of aromatic amines is 1. The number of aryl methyl sites for hydroxylation is 1. The predicted octanol–water partition coefficient (Wildman–Crippen LogP) is 0.780. The zero-order valence-electron chi connectivity index (χ0n) is 9.71. The number of H-pyrrole nitrogens is 1. The van der Waals surface area contributed by atoms with Gasteiger partial charge in [0, 0.05) is 13.6 Å². The molecule has 1 aromatic heterocycles. The number of amides is 1. The van der Waals surface area contributed by atoms with Crippen molar-refractivity contribution < 1.29 is 4.79 Å². The third-order valence-corrected chi connectivity index (χ3v) is 2.39. The molecule has 88 valence electrons. The highest BCUT2D eigenvalue weighted by Gasteiger charge is 2.16. The summed E-state index contributed by atoms with van der Waals surface area (Å²) in [6, 6.07) is 8.01. The fourth-order valence-electron chi connectivity index (χ4n) is 1.58. The van der Waals surface area contributed by atoms with E-state index in [9.17, 15) is 4.79 Å². The number of hydrogen-bond acceptors (Lipinski definition) is 4. The summed E-state index contributed by atoms with van der Waals surface area (Å²) in [5.41, 5.74) is 2.24. The molecule has 0 spiro atoms. The minimum Gasteiger partial charge on any atom is -0.335 e. The maximum absolute atomic E-state index is 11.8. The highest BCUT2D eigenvalue weighted by Crippen LogP contribution is 2.07. The van der Waals surface area contributed by atoms with Crippen LogP contribution >= 0.6 is 0 Å². The molecule has 0 bridgehead atoms. The second-order valence-corrected chi connectivity index (χ2v) is 3.89. The summed E-state index contributed by atoms with van der Waals surface area (Å²) < 4.78 is 0. The lowest BCUT2D eigenvalue weighted by Gasteiger charge is -2.15. The van der Waals surface area contributed by atoms with Gasteiger partial charge in [-0.2, -0.15) is 5.21 Å². The Morgan fingerprint density at radius 3 is 2.94 bits per heavy atom. The molecule has 0 saturated heterocycles. The Kier molecular flexibility index (Phi) is 3.13. The number of aromatic nitrogens is 4. The fraction of sp³-hybridized carbons (Fsp3) is 0.273. The molecule has 0 aliphatic carbocycles. The predicted molar refractivity (Wildman–Crippen MR) is 61.2 cm³/mol. The Morgan fingerprint density at radius 2 is 2.29 bits per heavy atom. The van der Waals surface area contributed by atoms with E-state index in [0.29, 0.717) is 6.54 Å². The highest BCUT2D eigenvalue weighted by atomic mass is 16.2. The molecule has 0 aliphatic rings. The minimum atomic E-state index is -0.250. The smallest absolute Gasteiger partial charge is 0.295 e. The quantitative estimate of drug-likeness (QED) is 0.847. The van der Waals surface area contributed by atoms with Crippen LogP contribution in [0.15, 0.2) is 24.3 Å². The number of tetrazole rings is 1. The summed E-state index contributed by atoms with van der Waals surface area (Å²) >= 11 is 0. The first-order chi connectivity index (χ1) is 8.16. The average molecular weight is 231 g/mol. The van der Waals surface area contributed by atoms with Crippen molar-refractivity contribution in [3.8, 4) is 0 Å². The summed E-state index contributed by atoms with van der Waals surface area (Å²) in [5, 5.41) is 12.9. The highest BCUT2D eigenvalue weighted by molar-refractivity contribution is 5.89. The molecular weight excluding hydrogens is 218 g/mol. The zero-order chi connectivity index (χ0) is 12.3. The summed E-state index contributed by atoms with van der Waals surface area (Å²) in [6.45, 7) is 2.54. The van der Waals surface area contributed by atoms with Crippen LogP contribution in [0.4, 0.5) is 0 Å². The minimum absolute atomic E-state index is 0.0835. The van der Waals surface area contributed by atoms with E-state index >= 15 is 0 Å². The first-order valence-electron chi connectivity index (χ1n) is 5.21. The first-order valence-corrected chi connectivity index (χ1v) is 5.21. The van der Waals surface area contributed by atoms with Gasteiger partial charge < -0.3 is 4.90 Å². The molecule has 1 N–H and O–H groups in total. The lowest BCUT2D eigenvalue weighted by Crippen LogP contribution is -2.27. The summed E-state index contributed by atoms with van der Waals surface area (Å²) in [4.78, 5) is 13.4. The van der Waals surface area contributed by atoms with Gasteiger partial charge in [0.05, 0.1) is 0 Å². The van der Waals surface area contributed by atoms with Gasteiger partial charge in [0.1, 0.15) is 0 Å². The number of nitrogens with one attached hydrogen (secondary N) is 1. The van der Waals surface area contributed by atoms with Crippen molar-refractivity contribution >= 4 is 5.91 Å². The maximum atomic E-state index is 11.8. The molecule has 1 amide bonds. The third kappa shape index (κ3) is 2.66. The van der Waals surface area contributed by atoms with Gasteiger partial charge in [-0.1, -0.05) is 29.8 Å². The molecule has 1 heterocycles. The van der Waals surface area contributed by atoms with Crippen LogP contribution in [0, 0.1) is 6.92 Å². The van der Waals surface area contributed by atoms with Gasteiger partial charge >= 0.3 is 0 Å². The van der Waals surface area contributed by atoms with Crippen LogP contribution in [-0.2, 0) is 6.54 Å². The van der Waals surface area contributed by atoms with Crippen LogP contribution in [0.3, 0.4) is 0 Å². The molecule has 0 fully saturated rings. The summed E-state index contributed by atoms with van der Waals surface area (Å²) in [6.07, 6.45) is 0. The fourth-order valence-corrected chi connectivity index (χ4v) is 1.58. The lowest BCUT2D eigenvalue weighted by molar-refractivity contribution is 0.0773. The second-order valence-electron chi connectivity index (χ2n) is 3.89. The van der Waals surface area contributed by atoms with Crippen LogP contribution in [0.25, 0.3) is 0 Å². The normalized spacial score (nSPS) is 10.2. The van der Waals surface area contributed by atoms with Crippen LogP contribution in [0.1, 0.15) is 21.7 Å². The molecule has 0 atom stereocenters. The summed E-state index contributed by atoms with van der Waals surface area (Å²) in [7, 11) is 1.71. The Balaban J connectivity index is 2.07. The van der Waals surface area contributed by atoms with Crippen molar-refractivity contribution in [1.29, 1.82) is 0 Å². The van der Waals surface area contributed by atoms with Crippen molar-refractivity contribution in [3.63, 3.8) is 0 Å². The number of hydrogen-bond donors (Lipinski definition) is 1. The van der Waals surface area contributed by atoms with Crippen LogP contribution in [-0.4, -0.2) is 38.5 Å². The van der Waals surface area contributed by atoms with Crippen molar-refractivity contribution in [2.24, 2.45) is 0 Å². The largest absolute Gasteiger partial charge is 0.335 e. The van der Waals surface area contributed by atoms with E-state index in [1.54, 1.807) is 11.9 Å². The molecule has 17 heavy (non-hydrogen) atoms. The molecule has 0 saturated carbocycles. The number of nitrogens with zero attached hydrogens (tertiary/aromatic N) is 4. The van der Waals surface area contributed by atoms with E-state index in [1.165, 1.54) is 5.56 Å². The van der Waals surface area contributed by atoms with E-state index < -0.39 is 0 Å². The Hall–Kier alpha value is -2.24. The van der Waals surface area contributed by atoms with E-state index in [-0.39, 0.29) is 11.7 Å². The molecule has 2 aromatic rings. The molecular formula is C11H13N5O. The van der Waals surface area contributed by atoms with Crippen molar-refractivity contribution in [2.75, 3.05) is 7.05 Å². The number of carbonyl (C=O) groups excluding carboxylic acids is 1. The van der Waals surface area contributed by atoms with E-state index in [1.807, 2.05) is 31.2 Å². The van der Waals surface area contributed by atoms with Crippen molar-refractivity contribution in [3.05, 3.63) is 41.2 Å². The second kappa shape index (κ2) is 4.73. The molecule has 0 radical (unpaired) electrons. The molecule has 1 aromatic carbocycles. The van der Waals surface area contributed by atoms with Crippen molar-refractivity contribution in [2.45, 2.75) is 13.5 Å². The number of rotatable bonds is 3. The molecule has 0 unspecified atom stereocenters. The Bertz CT molecular complexity index is 508. The van der Waals surface area contributed by atoms with Gasteiger partial charge in [-0.15, -0.1) is 10.2 Å². The van der Waals surface area contributed by atoms with Crippen LogP contribution < -0.4 is 0 Å². The zero-order valence-corrected chi connectivity index (χ0v) is 9.71. The van der Waals surface area contributed by atoms with E-state index in [2.05, 4.69) is 20.6 Å². The molecule has 2 rings (SSSR count). The van der Waals surface area contributed by atoms with Gasteiger partial charge in [-0.3, -0.25) is 4.79 Å². The SMILES string of the molecule is Cc1cccc(CN(C)C(=O)c2nn[nH]n2)c1. The first kappa shape index (κ1) is 11.3. The third-order valence-electron chi connectivity index (χ3n) is 2.39. The van der Waals surface area contributed by atoms with Crippen LogP contribution in [0.2, 0.25) is 0 Å². The lowest BCUT2D eigenvalue weighted by atomic mass is 10.1. The van der Waals surface area contributed by atoms with Gasteiger partial charge in [0.25, 0.3) is 11.7 Å². The maximum Gasteiger partial charge on any atom is 0.295 e. The van der Waals surface area contributed by atoms with Crippen LogP contribution in [0.5, 0.6) is 0 Å². The monoisotopic (exact) mass is 231 g/mol. The van der Waals surface area contributed by atoms with E-state index in [4.69, 9.17) is 0 Å². The van der Waals surface area contributed by atoms with Gasteiger partial charge in [0.15, 0.2) is 0 Å². The molecule has 6 nitrogen and oxygen atoms in total.